The standard InChI is InChI=1S/C15H19IN2O3/c16-12-2-4-13(5-3-12)17-14(19)18-8-6-15(7-9-18)20-10-1-11-21-15/h2-5H,1,6-11H2,(H,17,19). The molecule has 1 N–H and O–H groups in total. The van der Waals surface area contributed by atoms with E-state index in [9.17, 15) is 4.79 Å². The second kappa shape index (κ2) is 6.50. The van der Waals surface area contributed by atoms with Gasteiger partial charge in [0.1, 0.15) is 0 Å². The van der Waals surface area contributed by atoms with Gasteiger partial charge in [-0.25, -0.2) is 4.79 Å². The lowest BCUT2D eigenvalue weighted by atomic mass is 10.0. The first-order valence-corrected chi connectivity index (χ1v) is 8.34. The van der Waals surface area contributed by atoms with Crippen molar-refractivity contribution >= 4 is 34.3 Å². The summed E-state index contributed by atoms with van der Waals surface area (Å²) >= 11 is 2.24. The quantitative estimate of drug-likeness (QED) is 0.735. The van der Waals surface area contributed by atoms with E-state index in [0.717, 1.165) is 41.7 Å². The van der Waals surface area contributed by atoms with Gasteiger partial charge < -0.3 is 19.7 Å². The van der Waals surface area contributed by atoms with Crippen LogP contribution in [0.4, 0.5) is 10.5 Å². The third-order valence-electron chi connectivity index (χ3n) is 3.93. The first-order chi connectivity index (χ1) is 10.2. The predicted octanol–water partition coefficient (Wildman–Crippen LogP) is 3.05. The minimum absolute atomic E-state index is 0.0538. The van der Waals surface area contributed by atoms with Crippen molar-refractivity contribution in [2.75, 3.05) is 31.6 Å². The summed E-state index contributed by atoms with van der Waals surface area (Å²) in [7, 11) is 0. The molecule has 2 heterocycles. The molecule has 1 aromatic rings. The third-order valence-corrected chi connectivity index (χ3v) is 4.65. The molecule has 2 amide bonds. The topological polar surface area (TPSA) is 50.8 Å². The van der Waals surface area contributed by atoms with Gasteiger partial charge >= 0.3 is 6.03 Å². The normalized spacial score (nSPS) is 21.3. The molecule has 0 unspecified atom stereocenters. The number of carbonyl (C=O) groups excluding carboxylic acids is 1. The highest BCUT2D eigenvalue weighted by Crippen LogP contribution is 2.30. The number of anilines is 1. The lowest BCUT2D eigenvalue weighted by Crippen LogP contribution is -2.52. The second-order valence-electron chi connectivity index (χ2n) is 5.39. The minimum Gasteiger partial charge on any atom is -0.350 e. The molecular formula is C15H19IN2O3. The lowest BCUT2D eigenvalue weighted by Gasteiger charge is -2.43. The van der Waals surface area contributed by atoms with Gasteiger partial charge in [-0.3, -0.25) is 0 Å². The number of piperidine rings is 1. The number of amides is 2. The lowest BCUT2D eigenvalue weighted by molar-refractivity contribution is -0.281. The summed E-state index contributed by atoms with van der Waals surface area (Å²) in [6.45, 7) is 2.84. The van der Waals surface area contributed by atoms with E-state index in [4.69, 9.17) is 9.47 Å². The molecule has 5 nitrogen and oxygen atoms in total. The van der Waals surface area contributed by atoms with Gasteiger partial charge in [-0.2, -0.15) is 0 Å². The first-order valence-electron chi connectivity index (χ1n) is 7.26. The molecule has 1 aromatic carbocycles. The summed E-state index contributed by atoms with van der Waals surface area (Å²) in [5.74, 6) is -0.447. The van der Waals surface area contributed by atoms with Gasteiger partial charge in [0.25, 0.3) is 0 Å². The van der Waals surface area contributed by atoms with Crippen molar-refractivity contribution in [1.82, 2.24) is 4.90 Å². The molecular weight excluding hydrogens is 383 g/mol. The molecule has 0 atom stereocenters. The SMILES string of the molecule is O=C(Nc1ccc(I)cc1)N1CCC2(CC1)OCCCO2. The molecule has 1 spiro atoms. The van der Waals surface area contributed by atoms with Crippen LogP contribution in [0.2, 0.25) is 0 Å². The zero-order valence-electron chi connectivity index (χ0n) is 11.8. The number of nitrogens with one attached hydrogen (secondary N) is 1. The molecule has 6 heteroatoms. The molecule has 3 rings (SSSR count). The largest absolute Gasteiger partial charge is 0.350 e. The Morgan fingerprint density at radius 1 is 1.14 bits per heavy atom. The van der Waals surface area contributed by atoms with E-state index in [1.165, 1.54) is 0 Å². The van der Waals surface area contributed by atoms with Crippen LogP contribution in [0.15, 0.2) is 24.3 Å². The smallest absolute Gasteiger partial charge is 0.321 e. The Balaban J connectivity index is 1.54. The zero-order valence-corrected chi connectivity index (χ0v) is 14.0. The Morgan fingerprint density at radius 3 is 2.38 bits per heavy atom. The first kappa shape index (κ1) is 15.1. The Hall–Kier alpha value is -0.860. The number of ether oxygens (including phenoxy) is 2. The van der Waals surface area contributed by atoms with Crippen LogP contribution >= 0.6 is 22.6 Å². The highest BCUT2D eigenvalue weighted by molar-refractivity contribution is 14.1. The molecule has 0 radical (unpaired) electrons. The van der Waals surface area contributed by atoms with Crippen molar-refractivity contribution in [2.24, 2.45) is 0 Å². The van der Waals surface area contributed by atoms with Crippen molar-refractivity contribution in [3.63, 3.8) is 0 Å². The van der Waals surface area contributed by atoms with Crippen LogP contribution in [0.5, 0.6) is 0 Å². The summed E-state index contributed by atoms with van der Waals surface area (Å²) in [6, 6.07) is 7.73. The molecule has 2 aliphatic heterocycles. The molecule has 0 bridgehead atoms. The fourth-order valence-electron chi connectivity index (χ4n) is 2.69. The van der Waals surface area contributed by atoms with Gasteiger partial charge in [-0.05, 0) is 53.3 Å². The number of nitrogens with zero attached hydrogens (tertiary/aromatic N) is 1. The van der Waals surface area contributed by atoms with Crippen molar-refractivity contribution in [3.8, 4) is 0 Å². The van der Waals surface area contributed by atoms with Crippen LogP contribution < -0.4 is 5.32 Å². The van der Waals surface area contributed by atoms with Gasteiger partial charge in [0.05, 0.1) is 13.2 Å². The van der Waals surface area contributed by atoms with Crippen LogP contribution in [0, 0.1) is 3.57 Å². The van der Waals surface area contributed by atoms with Crippen molar-refractivity contribution < 1.29 is 14.3 Å². The summed E-state index contributed by atoms with van der Waals surface area (Å²) in [4.78, 5) is 14.1. The van der Waals surface area contributed by atoms with Gasteiger partial charge in [0.2, 0.25) is 0 Å². The minimum atomic E-state index is -0.447. The Labute approximate surface area is 138 Å². The van der Waals surface area contributed by atoms with E-state index in [1.807, 2.05) is 29.2 Å². The average Bonchev–Trinajstić information content (AvgIpc) is 2.51. The van der Waals surface area contributed by atoms with Crippen LogP contribution in [0.25, 0.3) is 0 Å². The van der Waals surface area contributed by atoms with Crippen LogP contribution in [0.1, 0.15) is 19.3 Å². The average molecular weight is 402 g/mol. The van der Waals surface area contributed by atoms with Crippen LogP contribution in [-0.4, -0.2) is 43.0 Å². The Morgan fingerprint density at radius 2 is 1.76 bits per heavy atom. The molecule has 0 saturated carbocycles. The van der Waals surface area contributed by atoms with E-state index in [1.54, 1.807) is 0 Å². The number of benzene rings is 1. The number of urea groups is 1. The summed E-state index contributed by atoms with van der Waals surface area (Å²) in [6.07, 6.45) is 2.44. The number of halogens is 1. The van der Waals surface area contributed by atoms with Crippen LogP contribution in [-0.2, 0) is 9.47 Å². The van der Waals surface area contributed by atoms with Gasteiger partial charge in [0, 0.05) is 35.2 Å². The van der Waals surface area contributed by atoms with Crippen molar-refractivity contribution in [2.45, 2.75) is 25.0 Å². The van der Waals surface area contributed by atoms with Gasteiger partial charge in [-0.15, -0.1) is 0 Å². The summed E-state index contributed by atoms with van der Waals surface area (Å²) < 4.78 is 12.7. The molecule has 2 aliphatic rings. The zero-order chi connectivity index (χ0) is 14.7. The number of likely N-dealkylation sites (tertiary alicyclic amines) is 1. The maximum absolute atomic E-state index is 12.3. The Kier molecular flexibility index (Phi) is 4.66. The highest BCUT2D eigenvalue weighted by Gasteiger charge is 2.39. The molecule has 2 saturated heterocycles. The van der Waals surface area contributed by atoms with E-state index >= 15 is 0 Å². The van der Waals surface area contributed by atoms with Gasteiger partial charge in [0.15, 0.2) is 5.79 Å². The summed E-state index contributed by atoms with van der Waals surface area (Å²) in [5, 5.41) is 2.93. The number of rotatable bonds is 1. The van der Waals surface area contributed by atoms with E-state index < -0.39 is 5.79 Å². The Bertz CT molecular complexity index is 490. The maximum Gasteiger partial charge on any atom is 0.321 e. The van der Waals surface area contributed by atoms with Crippen molar-refractivity contribution in [1.29, 1.82) is 0 Å². The molecule has 2 fully saturated rings. The van der Waals surface area contributed by atoms with Crippen LogP contribution in [0.3, 0.4) is 0 Å². The van der Waals surface area contributed by atoms with E-state index in [-0.39, 0.29) is 6.03 Å². The number of hydrogen-bond acceptors (Lipinski definition) is 3. The van der Waals surface area contributed by atoms with E-state index in [2.05, 4.69) is 27.9 Å². The molecule has 21 heavy (non-hydrogen) atoms. The molecule has 0 aromatic heterocycles. The molecule has 0 aliphatic carbocycles. The molecule has 114 valence electrons. The highest BCUT2D eigenvalue weighted by atomic mass is 127. The third kappa shape index (κ3) is 3.67. The summed E-state index contributed by atoms with van der Waals surface area (Å²) in [5.41, 5.74) is 0.825. The maximum atomic E-state index is 12.3. The van der Waals surface area contributed by atoms with Crippen molar-refractivity contribution in [3.05, 3.63) is 27.8 Å². The predicted molar refractivity (Wildman–Crippen MR) is 88.2 cm³/mol. The fourth-order valence-corrected chi connectivity index (χ4v) is 3.05. The number of carbonyl (C=O) groups is 1. The number of hydrogen-bond donors (Lipinski definition) is 1. The van der Waals surface area contributed by atoms with Gasteiger partial charge in [-0.1, -0.05) is 0 Å². The second-order valence-corrected chi connectivity index (χ2v) is 6.63. The monoisotopic (exact) mass is 402 g/mol. The van der Waals surface area contributed by atoms with E-state index in [0.29, 0.717) is 13.1 Å². The fraction of sp³-hybridized carbons (Fsp3) is 0.533.